The monoisotopic (exact) mass is 410 g/mol. The van der Waals surface area contributed by atoms with E-state index in [1.54, 1.807) is 11.8 Å². The van der Waals surface area contributed by atoms with Gasteiger partial charge in [0.05, 0.1) is 5.75 Å². The summed E-state index contributed by atoms with van der Waals surface area (Å²) in [7, 11) is 0. The van der Waals surface area contributed by atoms with Gasteiger partial charge in [0.1, 0.15) is 5.40 Å². The van der Waals surface area contributed by atoms with Crippen molar-refractivity contribution in [3.63, 3.8) is 0 Å². The fourth-order valence-electron chi connectivity index (χ4n) is 1.76. The number of anilines is 1. The molecule has 132 valence electrons. The van der Waals surface area contributed by atoms with Crippen molar-refractivity contribution in [2.75, 3.05) is 16.8 Å². The van der Waals surface area contributed by atoms with Crippen LogP contribution in [0.3, 0.4) is 0 Å². The average Bonchev–Trinajstić information content (AvgIpc) is 3.02. The second kappa shape index (κ2) is 10.1. The van der Waals surface area contributed by atoms with Gasteiger partial charge < -0.3 is 5.32 Å². The van der Waals surface area contributed by atoms with Gasteiger partial charge in [0.2, 0.25) is 5.91 Å². The van der Waals surface area contributed by atoms with Crippen molar-refractivity contribution < 1.29 is 4.79 Å². The molecule has 0 atom stereocenters. The first-order valence-corrected chi connectivity index (χ1v) is 11.1. The molecule has 0 aliphatic rings. The normalized spacial score (nSPS) is 10.7. The Morgan fingerprint density at radius 3 is 2.68 bits per heavy atom. The maximum Gasteiger partial charge on any atom is 0.234 e. The van der Waals surface area contributed by atoms with Crippen LogP contribution in [0.15, 0.2) is 31.8 Å². The molecule has 0 unspecified atom stereocenters. The van der Waals surface area contributed by atoms with E-state index in [-0.39, 0.29) is 11.7 Å². The molecule has 0 saturated heterocycles. The standard InChI is InChI=1S/C16H18N4OS4/c1-10(2)7-22-15-19-20-16(25-15)23-8-14(21)18-13-5-4-12(24-9-17)6-11(13)3/h4-6,10H,7-8H2,1-3H3,(H,18,21). The van der Waals surface area contributed by atoms with Gasteiger partial charge in [0.15, 0.2) is 8.68 Å². The molecular weight excluding hydrogens is 392 g/mol. The van der Waals surface area contributed by atoms with E-state index in [1.165, 1.54) is 23.1 Å². The lowest BCUT2D eigenvalue weighted by Crippen LogP contribution is -2.14. The summed E-state index contributed by atoms with van der Waals surface area (Å²) in [6.07, 6.45) is 0. The summed E-state index contributed by atoms with van der Waals surface area (Å²) in [6.45, 7) is 6.25. The van der Waals surface area contributed by atoms with Crippen molar-refractivity contribution in [2.24, 2.45) is 5.92 Å². The highest BCUT2D eigenvalue weighted by atomic mass is 32.2. The number of amides is 1. The van der Waals surface area contributed by atoms with Crippen molar-refractivity contribution in [1.29, 1.82) is 5.26 Å². The smallest absolute Gasteiger partial charge is 0.234 e. The Hall–Kier alpha value is -1.21. The van der Waals surface area contributed by atoms with E-state index in [1.807, 2.05) is 30.5 Å². The molecule has 0 radical (unpaired) electrons. The van der Waals surface area contributed by atoms with Gasteiger partial charge in [-0.2, -0.15) is 5.26 Å². The molecule has 5 nitrogen and oxygen atoms in total. The van der Waals surface area contributed by atoms with Gasteiger partial charge in [-0.05, 0) is 48.4 Å². The Kier molecular flexibility index (Phi) is 8.09. The fourth-order valence-corrected chi connectivity index (χ4v) is 5.03. The maximum absolute atomic E-state index is 12.1. The molecule has 1 N–H and O–H groups in total. The zero-order valence-electron chi connectivity index (χ0n) is 14.1. The van der Waals surface area contributed by atoms with Crippen LogP contribution >= 0.6 is 46.6 Å². The SMILES string of the molecule is Cc1cc(SC#N)ccc1NC(=O)CSc1nnc(SCC(C)C)s1. The van der Waals surface area contributed by atoms with Crippen LogP contribution in [0.2, 0.25) is 0 Å². The molecular formula is C16H18N4OS4. The van der Waals surface area contributed by atoms with Gasteiger partial charge in [-0.25, -0.2) is 0 Å². The number of thiocyanates is 1. The number of rotatable bonds is 8. The van der Waals surface area contributed by atoms with Gasteiger partial charge in [-0.15, -0.1) is 10.2 Å². The number of nitrogens with one attached hydrogen (secondary N) is 1. The first kappa shape index (κ1) is 20.1. The molecule has 1 heterocycles. The van der Waals surface area contributed by atoms with Crippen molar-refractivity contribution in [3.8, 4) is 5.40 Å². The van der Waals surface area contributed by atoms with E-state index in [2.05, 4.69) is 29.4 Å². The van der Waals surface area contributed by atoms with Crippen molar-refractivity contribution >= 4 is 58.2 Å². The molecule has 25 heavy (non-hydrogen) atoms. The largest absolute Gasteiger partial charge is 0.325 e. The number of carbonyl (C=O) groups excluding carboxylic acids is 1. The zero-order valence-corrected chi connectivity index (χ0v) is 17.4. The van der Waals surface area contributed by atoms with Gasteiger partial charge in [-0.3, -0.25) is 4.79 Å². The predicted octanol–water partition coefficient (Wildman–Crippen LogP) is 4.90. The van der Waals surface area contributed by atoms with Gasteiger partial charge in [0.25, 0.3) is 0 Å². The van der Waals surface area contributed by atoms with Crippen LogP contribution in [0, 0.1) is 23.5 Å². The van der Waals surface area contributed by atoms with Gasteiger partial charge in [-0.1, -0.05) is 48.7 Å². The van der Waals surface area contributed by atoms with E-state index < -0.39 is 0 Å². The fraction of sp³-hybridized carbons (Fsp3) is 0.375. The van der Waals surface area contributed by atoms with Crippen LogP contribution < -0.4 is 5.32 Å². The van der Waals surface area contributed by atoms with E-state index >= 15 is 0 Å². The summed E-state index contributed by atoms with van der Waals surface area (Å²) >= 11 is 5.72. The Labute approximate surface area is 164 Å². The molecule has 0 spiro atoms. The van der Waals surface area contributed by atoms with E-state index in [0.29, 0.717) is 5.92 Å². The Bertz CT molecular complexity index is 770. The highest BCUT2D eigenvalue weighted by Gasteiger charge is 2.10. The third-order valence-electron chi connectivity index (χ3n) is 2.89. The van der Waals surface area contributed by atoms with E-state index in [0.717, 1.165) is 42.3 Å². The average molecular weight is 411 g/mol. The lowest BCUT2D eigenvalue weighted by atomic mass is 10.2. The summed E-state index contributed by atoms with van der Waals surface area (Å²) in [5.74, 6) is 1.83. The summed E-state index contributed by atoms with van der Waals surface area (Å²) < 4.78 is 1.75. The van der Waals surface area contributed by atoms with Crippen LogP contribution in [0.1, 0.15) is 19.4 Å². The van der Waals surface area contributed by atoms with Crippen LogP contribution in [0.25, 0.3) is 0 Å². The summed E-state index contributed by atoms with van der Waals surface area (Å²) in [6, 6.07) is 5.54. The van der Waals surface area contributed by atoms with Crippen molar-refractivity contribution in [2.45, 2.75) is 34.3 Å². The summed E-state index contributed by atoms with van der Waals surface area (Å²) in [5, 5.41) is 21.9. The van der Waals surface area contributed by atoms with Gasteiger partial charge >= 0.3 is 0 Å². The topological polar surface area (TPSA) is 78.7 Å². The number of aryl methyl sites for hydroxylation is 1. The zero-order chi connectivity index (χ0) is 18.2. The molecule has 0 aliphatic carbocycles. The summed E-state index contributed by atoms with van der Waals surface area (Å²) in [5.41, 5.74) is 1.69. The van der Waals surface area contributed by atoms with Crippen LogP contribution in [0.4, 0.5) is 5.69 Å². The molecule has 0 fully saturated rings. The highest BCUT2D eigenvalue weighted by molar-refractivity contribution is 8.04. The molecule has 1 aromatic carbocycles. The van der Waals surface area contributed by atoms with E-state index in [9.17, 15) is 4.79 Å². The lowest BCUT2D eigenvalue weighted by molar-refractivity contribution is -0.113. The Morgan fingerprint density at radius 2 is 2.04 bits per heavy atom. The van der Waals surface area contributed by atoms with Crippen LogP contribution in [-0.2, 0) is 4.79 Å². The summed E-state index contributed by atoms with van der Waals surface area (Å²) in [4.78, 5) is 13.0. The number of nitrogens with zero attached hydrogens (tertiary/aromatic N) is 3. The number of carbonyl (C=O) groups is 1. The third-order valence-corrected chi connectivity index (χ3v) is 7.09. The van der Waals surface area contributed by atoms with Crippen LogP contribution in [0.5, 0.6) is 0 Å². The second-order valence-corrected chi connectivity index (χ2v) is 9.87. The molecule has 9 heteroatoms. The second-order valence-electron chi connectivity index (χ2n) is 5.55. The third kappa shape index (κ3) is 6.90. The number of nitriles is 1. The van der Waals surface area contributed by atoms with Crippen molar-refractivity contribution in [1.82, 2.24) is 10.2 Å². The minimum absolute atomic E-state index is 0.0830. The van der Waals surface area contributed by atoms with Crippen LogP contribution in [-0.4, -0.2) is 27.6 Å². The van der Waals surface area contributed by atoms with Crippen molar-refractivity contribution in [3.05, 3.63) is 23.8 Å². The minimum Gasteiger partial charge on any atom is -0.325 e. The molecule has 1 aromatic heterocycles. The quantitative estimate of drug-likeness (QED) is 0.490. The molecule has 0 bridgehead atoms. The Morgan fingerprint density at radius 1 is 1.32 bits per heavy atom. The number of benzene rings is 1. The molecule has 0 aliphatic heterocycles. The Balaban J connectivity index is 1.84. The molecule has 0 saturated carbocycles. The number of thioether (sulfide) groups is 3. The minimum atomic E-state index is -0.0830. The maximum atomic E-state index is 12.1. The first-order chi connectivity index (χ1) is 12.0. The highest BCUT2D eigenvalue weighted by Crippen LogP contribution is 2.30. The molecule has 2 rings (SSSR count). The van der Waals surface area contributed by atoms with Gasteiger partial charge in [0, 0.05) is 16.3 Å². The number of hydrogen-bond acceptors (Lipinski definition) is 8. The first-order valence-electron chi connectivity index (χ1n) is 7.53. The molecule has 2 aromatic rings. The predicted molar refractivity (Wildman–Crippen MR) is 107 cm³/mol. The van der Waals surface area contributed by atoms with E-state index in [4.69, 9.17) is 5.26 Å². The lowest BCUT2D eigenvalue weighted by Gasteiger charge is -2.08. The molecule has 1 amide bonds. The number of aromatic nitrogens is 2. The number of hydrogen-bond donors (Lipinski definition) is 1.